The molecule has 2 amide bonds. The number of H-pyrrole nitrogens is 1. The third-order valence-corrected chi connectivity index (χ3v) is 7.07. The van der Waals surface area contributed by atoms with Gasteiger partial charge in [0.05, 0.1) is 12.6 Å². The number of aromatic nitrogens is 1. The van der Waals surface area contributed by atoms with Gasteiger partial charge in [-0.3, -0.25) is 9.59 Å². The van der Waals surface area contributed by atoms with Gasteiger partial charge in [0, 0.05) is 41.1 Å². The van der Waals surface area contributed by atoms with Gasteiger partial charge in [-0.1, -0.05) is 23.7 Å². The number of nitrogens with zero attached hydrogens (tertiary/aromatic N) is 3. The number of aromatic amines is 1. The van der Waals surface area contributed by atoms with Crippen LogP contribution < -0.4 is 0 Å². The summed E-state index contributed by atoms with van der Waals surface area (Å²) in [7, 11) is 3.90. The summed E-state index contributed by atoms with van der Waals surface area (Å²) in [6.45, 7) is 3.07. The van der Waals surface area contributed by atoms with Crippen LogP contribution in [0.25, 0.3) is 10.9 Å². The number of hydrogen-bond acceptors (Lipinski definition) is 4. The molecule has 2 N–H and O–H groups in total. The third-order valence-electron chi connectivity index (χ3n) is 6.83. The molecule has 0 spiro atoms. The van der Waals surface area contributed by atoms with Crippen LogP contribution in [0.15, 0.2) is 42.5 Å². The number of carbonyl (C=O) groups excluding carboxylic acids is 2. The lowest BCUT2D eigenvalue weighted by Crippen LogP contribution is -2.70. The fourth-order valence-corrected chi connectivity index (χ4v) is 5.44. The van der Waals surface area contributed by atoms with E-state index < -0.39 is 11.6 Å². The summed E-state index contributed by atoms with van der Waals surface area (Å²) in [5.41, 5.74) is 2.45. The van der Waals surface area contributed by atoms with Gasteiger partial charge in [-0.15, -0.1) is 0 Å². The summed E-state index contributed by atoms with van der Waals surface area (Å²) in [5.74, 6) is -0.0495. The predicted molar refractivity (Wildman–Crippen MR) is 127 cm³/mol. The van der Waals surface area contributed by atoms with E-state index in [1.807, 2.05) is 50.2 Å². The minimum atomic E-state index is -1.05. The predicted octanol–water partition coefficient (Wildman–Crippen LogP) is 3.16. The molecule has 0 unspecified atom stereocenters. The van der Waals surface area contributed by atoms with Crippen molar-refractivity contribution in [3.8, 4) is 5.75 Å². The second kappa shape index (κ2) is 7.78. The lowest BCUT2D eigenvalue weighted by atomic mass is 9.78. The molecule has 2 atom stereocenters. The Bertz CT molecular complexity index is 1270. The van der Waals surface area contributed by atoms with Crippen LogP contribution in [0, 0.1) is 0 Å². The van der Waals surface area contributed by atoms with E-state index in [0.29, 0.717) is 24.5 Å². The molecule has 2 aromatic carbocycles. The van der Waals surface area contributed by atoms with Crippen molar-refractivity contribution < 1.29 is 14.7 Å². The van der Waals surface area contributed by atoms with Gasteiger partial charge in [0.1, 0.15) is 11.3 Å². The number of carbonyl (C=O) groups is 2. The van der Waals surface area contributed by atoms with Crippen LogP contribution in [0.1, 0.15) is 29.8 Å². The lowest BCUT2D eigenvalue weighted by molar-refractivity contribution is -0.167. The van der Waals surface area contributed by atoms with Crippen LogP contribution in [-0.2, 0) is 16.0 Å². The van der Waals surface area contributed by atoms with Gasteiger partial charge < -0.3 is 24.8 Å². The molecule has 3 heterocycles. The van der Waals surface area contributed by atoms with Gasteiger partial charge in [0.25, 0.3) is 0 Å². The molecule has 0 aliphatic carbocycles. The standard InChI is InChI=1S/C25H27ClN4O3/c1-25-13-19-18-12-16(26)7-8-20(18)27-22(19)23(15-5-4-6-17(31)11-15)30(25)21(32)14-29(24(25)33)10-9-28(2)3/h4-8,11-12,23,27,31H,9-10,13-14H2,1-3H3/t23-,25-/m1/s1. The number of phenols is 1. The molecule has 1 fully saturated rings. The summed E-state index contributed by atoms with van der Waals surface area (Å²) in [5, 5.41) is 11.8. The number of benzene rings is 2. The maximum absolute atomic E-state index is 13.8. The molecule has 7 nitrogen and oxygen atoms in total. The van der Waals surface area contributed by atoms with E-state index in [0.717, 1.165) is 27.7 Å². The largest absolute Gasteiger partial charge is 0.508 e. The Balaban J connectivity index is 1.70. The summed E-state index contributed by atoms with van der Waals surface area (Å²) < 4.78 is 0. The molecule has 172 valence electrons. The Labute approximate surface area is 197 Å². The van der Waals surface area contributed by atoms with E-state index in [1.165, 1.54) is 0 Å². The molecule has 3 aromatic rings. The van der Waals surface area contributed by atoms with Crippen molar-refractivity contribution in [1.82, 2.24) is 19.7 Å². The van der Waals surface area contributed by atoms with Crippen molar-refractivity contribution in [2.24, 2.45) is 0 Å². The molecule has 8 heteroatoms. The SMILES string of the molecule is CN(C)CCN1CC(=O)N2[C@H](c3cccc(O)c3)c3[nH]c4ccc(Cl)cc4c3C[C@]2(C)C1=O. The van der Waals surface area contributed by atoms with Gasteiger partial charge >= 0.3 is 0 Å². The first-order valence-corrected chi connectivity index (χ1v) is 11.4. The summed E-state index contributed by atoms with van der Waals surface area (Å²) in [4.78, 5) is 36.3. The van der Waals surface area contributed by atoms with Crippen molar-refractivity contribution in [3.05, 3.63) is 64.3 Å². The van der Waals surface area contributed by atoms with E-state index in [-0.39, 0.29) is 24.1 Å². The van der Waals surface area contributed by atoms with Gasteiger partial charge in [0.15, 0.2) is 0 Å². The smallest absolute Gasteiger partial charge is 0.249 e. The Hall–Kier alpha value is -3.03. The number of aromatic hydroxyl groups is 1. The molecule has 0 saturated carbocycles. The zero-order chi connectivity index (χ0) is 23.5. The average molecular weight is 467 g/mol. The first-order valence-electron chi connectivity index (χ1n) is 11.0. The average Bonchev–Trinajstić information content (AvgIpc) is 3.11. The molecule has 0 bridgehead atoms. The Morgan fingerprint density at radius 1 is 1.21 bits per heavy atom. The van der Waals surface area contributed by atoms with Crippen molar-refractivity contribution in [1.29, 1.82) is 0 Å². The van der Waals surface area contributed by atoms with Crippen LogP contribution in [0.5, 0.6) is 5.75 Å². The Morgan fingerprint density at radius 2 is 2.00 bits per heavy atom. The molecular weight excluding hydrogens is 440 g/mol. The molecule has 1 saturated heterocycles. The highest BCUT2D eigenvalue weighted by Crippen LogP contribution is 2.47. The first-order chi connectivity index (χ1) is 15.7. The van der Waals surface area contributed by atoms with Crippen molar-refractivity contribution in [2.45, 2.75) is 24.9 Å². The van der Waals surface area contributed by atoms with Crippen molar-refractivity contribution in [2.75, 3.05) is 33.7 Å². The van der Waals surface area contributed by atoms with Crippen molar-refractivity contribution >= 4 is 34.3 Å². The highest BCUT2D eigenvalue weighted by molar-refractivity contribution is 6.31. The van der Waals surface area contributed by atoms with Crippen molar-refractivity contribution in [3.63, 3.8) is 0 Å². The highest BCUT2D eigenvalue weighted by Gasteiger charge is 2.55. The molecule has 2 aliphatic heterocycles. The normalized spacial score (nSPS) is 22.8. The number of fused-ring (bicyclic) bond motifs is 4. The van der Waals surface area contributed by atoms with Crippen LogP contribution in [0.4, 0.5) is 0 Å². The number of likely N-dealkylation sites (N-methyl/N-ethyl adjacent to an activating group) is 1. The fraction of sp³-hybridized carbons (Fsp3) is 0.360. The van der Waals surface area contributed by atoms with E-state index in [2.05, 4.69) is 4.98 Å². The molecular formula is C25H27ClN4O3. The van der Waals surface area contributed by atoms with E-state index in [1.54, 1.807) is 28.0 Å². The number of halogens is 1. The molecule has 5 rings (SSSR count). The van der Waals surface area contributed by atoms with Gasteiger partial charge in [-0.25, -0.2) is 0 Å². The summed E-state index contributed by atoms with van der Waals surface area (Å²) in [6, 6.07) is 12.0. The van der Waals surface area contributed by atoms with E-state index in [4.69, 9.17) is 11.6 Å². The number of piperazine rings is 1. The number of hydrogen-bond donors (Lipinski definition) is 2. The van der Waals surface area contributed by atoms with E-state index >= 15 is 0 Å². The quantitative estimate of drug-likeness (QED) is 0.619. The fourth-order valence-electron chi connectivity index (χ4n) is 5.27. The molecule has 1 aromatic heterocycles. The minimum absolute atomic E-state index is 0.0406. The zero-order valence-corrected chi connectivity index (χ0v) is 19.7. The number of nitrogens with one attached hydrogen (secondary N) is 1. The molecule has 2 aliphatic rings. The topological polar surface area (TPSA) is 79.9 Å². The number of amides is 2. The Kier molecular flexibility index (Phi) is 5.14. The Morgan fingerprint density at radius 3 is 2.73 bits per heavy atom. The second-order valence-electron chi connectivity index (χ2n) is 9.45. The summed E-state index contributed by atoms with van der Waals surface area (Å²) in [6.07, 6.45) is 0.390. The third kappa shape index (κ3) is 3.47. The lowest BCUT2D eigenvalue weighted by Gasteiger charge is -2.53. The first kappa shape index (κ1) is 21.8. The minimum Gasteiger partial charge on any atom is -0.508 e. The number of phenolic OH excluding ortho intramolecular Hbond substituents is 1. The maximum Gasteiger partial charge on any atom is 0.249 e. The van der Waals surface area contributed by atoms with Gasteiger partial charge in [0.2, 0.25) is 11.8 Å². The van der Waals surface area contributed by atoms with Gasteiger partial charge in [-0.2, -0.15) is 0 Å². The van der Waals surface area contributed by atoms with Crippen LogP contribution >= 0.6 is 11.6 Å². The van der Waals surface area contributed by atoms with Crippen LogP contribution in [-0.4, -0.2) is 75.9 Å². The summed E-state index contributed by atoms with van der Waals surface area (Å²) >= 11 is 6.32. The monoisotopic (exact) mass is 466 g/mol. The second-order valence-corrected chi connectivity index (χ2v) is 9.89. The van der Waals surface area contributed by atoms with Crippen LogP contribution in [0.2, 0.25) is 5.02 Å². The zero-order valence-electron chi connectivity index (χ0n) is 18.9. The molecule has 33 heavy (non-hydrogen) atoms. The van der Waals surface area contributed by atoms with Gasteiger partial charge in [-0.05, 0) is 62.5 Å². The van der Waals surface area contributed by atoms with E-state index in [9.17, 15) is 14.7 Å². The molecule has 0 radical (unpaired) electrons. The number of rotatable bonds is 4. The van der Waals surface area contributed by atoms with Crippen LogP contribution in [0.3, 0.4) is 0 Å². The highest BCUT2D eigenvalue weighted by atomic mass is 35.5. The maximum atomic E-state index is 13.8.